The van der Waals surface area contributed by atoms with Gasteiger partial charge in [0.1, 0.15) is 0 Å². The second-order valence-electron chi connectivity index (χ2n) is 14.4. The summed E-state index contributed by atoms with van der Waals surface area (Å²) in [5, 5.41) is 3.55. The van der Waals surface area contributed by atoms with E-state index in [4.69, 9.17) is 4.74 Å². The van der Waals surface area contributed by atoms with Crippen molar-refractivity contribution in [3.05, 3.63) is 23.8 Å². The van der Waals surface area contributed by atoms with Crippen LogP contribution in [0.3, 0.4) is 0 Å². The minimum atomic E-state index is 0.439. The van der Waals surface area contributed by atoms with Crippen LogP contribution in [0.15, 0.2) is 23.8 Å². The van der Waals surface area contributed by atoms with Crippen LogP contribution in [0.4, 0.5) is 0 Å². The molecule has 4 aliphatic carbocycles. The maximum absolute atomic E-state index is 6.39. The van der Waals surface area contributed by atoms with Gasteiger partial charge < -0.3 is 10.1 Å². The molecule has 2 heteroatoms. The first-order valence-electron chi connectivity index (χ1n) is 16.5. The monoisotopic (exact) mass is 511 g/mol. The standard InChI is InChI=1S/C35H61NO/c1-7-8-9-10-22-36-23-24-37-29-18-20-34(5)28(25-29)14-15-30-32-17-16-31(27(4)13-11-12-26(2)3)35(32,6)21-19-33(30)34/h8-9,14,26-27,29-33,36H,7,10-13,15-25H2,1-6H3/b9-8-/t27?,29-,30-,31+,32?,33?,34-,35+/m0/s1. The van der Waals surface area contributed by atoms with Crippen LogP contribution >= 0.6 is 0 Å². The highest BCUT2D eigenvalue weighted by Crippen LogP contribution is 2.67. The van der Waals surface area contributed by atoms with Crippen LogP contribution in [0.2, 0.25) is 0 Å². The van der Waals surface area contributed by atoms with Gasteiger partial charge in [-0.1, -0.05) is 84.6 Å². The smallest absolute Gasteiger partial charge is 0.0613 e. The zero-order valence-corrected chi connectivity index (χ0v) is 25.5. The summed E-state index contributed by atoms with van der Waals surface area (Å²) >= 11 is 0. The van der Waals surface area contributed by atoms with E-state index in [0.29, 0.717) is 16.9 Å². The summed E-state index contributed by atoms with van der Waals surface area (Å²) < 4.78 is 6.39. The van der Waals surface area contributed by atoms with Crippen molar-refractivity contribution in [1.82, 2.24) is 5.32 Å². The molecule has 3 saturated carbocycles. The van der Waals surface area contributed by atoms with Gasteiger partial charge in [0.15, 0.2) is 0 Å². The maximum Gasteiger partial charge on any atom is 0.0613 e. The lowest BCUT2D eigenvalue weighted by Crippen LogP contribution is -2.51. The Labute approximate surface area is 230 Å². The van der Waals surface area contributed by atoms with E-state index in [9.17, 15) is 0 Å². The summed E-state index contributed by atoms with van der Waals surface area (Å²) in [6.07, 6.45) is 25.4. The topological polar surface area (TPSA) is 21.3 Å². The van der Waals surface area contributed by atoms with Crippen molar-refractivity contribution in [2.75, 3.05) is 19.7 Å². The van der Waals surface area contributed by atoms with E-state index >= 15 is 0 Å². The summed E-state index contributed by atoms with van der Waals surface area (Å²) in [4.78, 5) is 0. The van der Waals surface area contributed by atoms with Crippen LogP contribution in [-0.2, 0) is 4.74 Å². The summed E-state index contributed by atoms with van der Waals surface area (Å²) in [6.45, 7) is 17.8. The molecule has 1 N–H and O–H groups in total. The van der Waals surface area contributed by atoms with Gasteiger partial charge in [-0.25, -0.2) is 0 Å². The number of nitrogens with one attached hydrogen (secondary N) is 1. The molecule has 0 aromatic rings. The van der Waals surface area contributed by atoms with Crippen LogP contribution in [-0.4, -0.2) is 25.8 Å². The molecule has 8 atom stereocenters. The number of allylic oxidation sites excluding steroid dienone is 2. The number of hydrogen-bond acceptors (Lipinski definition) is 2. The lowest BCUT2D eigenvalue weighted by atomic mass is 9.47. The normalized spacial score (nSPS) is 38.4. The second-order valence-corrected chi connectivity index (χ2v) is 14.4. The van der Waals surface area contributed by atoms with E-state index in [2.05, 4.69) is 65.1 Å². The van der Waals surface area contributed by atoms with Crippen LogP contribution in [0, 0.1) is 46.3 Å². The predicted molar refractivity (Wildman–Crippen MR) is 160 cm³/mol. The third-order valence-corrected chi connectivity index (χ3v) is 11.8. The molecule has 0 saturated heterocycles. The minimum Gasteiger partial charge on any atom is -0.377 e. The molecule has 2 nitrogen and oxygen atoms in total. The van der Waals surface area contributed by atoms with Gasteiger partial charge in [0.05, 0.1) is 12.7 Å². The van der Waals surface area contributed by atoms with Crippen molar-refractivity contribution < 1.29 is 4.74 Å². The lowest BCUT2D eigenvalue weighted by molar-refractivity contribution is -0.0636. The van der Waals surface area contributed by atoms with Crippen LogP contribution < -0.4 is 5.32 Å². The second kappa shape index (κ2) is 13.2. The maximum atomic E-state index is 6.39. The molecule has 0 aromatic carbocycles. The van der Waals surface area contributed by atoms with Gasteiger partial charge in [-0.3, -0.25) is 0 Å². The van der Waals surface area contributed by atoms with E-state index in [1.807, 2.05) is 0 Å². The fourth-order valence-corrected chi connectivity index (χ4v) is 9.69. The fourth-order valence-electron chi connectivity index (χ4n) is 9.69. The molecule has 0 bridgehead atoms. The molecule has 212 valence electrons. The predicted octanol–water partition coefficient (Wildman–Crippen LogP) is 9.36. The molecule has 37 heavy (non-hydrogen) atoms. The number of hydrogen-bond donors (Lipinski definition) is 1. The molecule has 3 fully saturated rings. The highest BCUT2D eigenvalue weighted by atomic mass is 16.5. The quantitative estimate of drug-likeness (QED) is 0.196. The third-order valence-electron chi connectivity index (χ3n) is 11.8. The van der Waals surface area contributed by atoms with E-state index < -0.39 is 0 Å². The Morgan fingerprint density at radius 2 is 1.84 bits per heavy atom. The van der Waals surface area contributed by atoms with Crippen molar-refractivity contribution in [3.63, 3.8) is 0 Å². The van der Waals surface area contributed by atoms with Gasteiger partial charge in [-0.05, 0) is 117 Å². The molecular formula is C35H61NO. The average Bonchev–Trinajstić information content (AvgIpc) is 3.22. The van der Waals surface area contributed by atoms with Gasteiger partial charge >= 0.3 is 0 Å². The minimum absolute atomic E-state index is 0.439. The molecule has 3 unspecified atom stereocenters. The van der Waals surface area contributed by atoms with Gasteiger partial charge in [0.2, 0.25) is 0 Å². The molecule has 0 spiro atoms. The summed E-state index contributed by atoms with van der Waals surface area (Å²) in [5.41, 5.74) is 2.80. The zero-order valence-electron chi connectivity index (χ0n) is 25.5. The Morgan fingerprint density at radius 3 is 2.62 bits per heavy atom. The van der Waals surface area contributed by atoms with Gasteiger partial charge in [-0.2, -0.15) is 0 Å². The fraction of sp³-hybridized carbons (Fsp3) is 0.886. The Morgan fingerprint density at radius 1 is 1.00 bits per heavy atom. The van der Waals surface area contributed by atoms with Crippen molar-refractivity contribution >= 4 is 0 Å². The lowest BCUT2D eigenvalue weighted by Gasteiger charge is -2.58. The molecule has 0 amide bonds. The van der Waals surface area contributed by atoms with Gasteiger partial charge in [-0.15, -0.1) is 0 Å². The zero-order chi connectivity index (χ0) is 26.5. The number of rotatable bonds is 13. The third kappa shape index (κ3) is 6.59. The van der Waals surface area contributed by atoms with Crippen molar-refractivity contribution in [1.29, 1.82) is 0 Å². The van der Waals surface area contributed by atoms with Crippen LogP contribution in [0.5, 0.6) is 0 Å². The number of fused-ring (bicyclic) bond motifs is 5. The molecule has 0 aromatic heterocycles. The summed E-state index contributed by atoms with van der Waals surface area (Å²) in [7, 11) is 0. The van der Waals surface area contributed by atoms with Crippen molar-refractivity contribution in [2.24, 2.45) is 46.3 Å². The Kier molecular flexibility index (Phi) is 10.5. The largest absolute Gasteiger partial charge is 0.377 e. The first kappa shape index (κ1) is 29.4. The average molecular weight is 512 g/mol. The van der Waals surface area contributed by atoms with E-state index in [-0.39, 0.29) is 0 Å². The van der Waals surface area contributed by atoms with Gasteiger partial charge in [0.25, 0.3) is 0 Å². The molecule has 0 aliphatic heterocycles. The van der Waals surface area contributed by atoms with Crippen LogP contribution in [0.25, 0.3) is 0 Å². The summed E-state index contributed by atoms with van der Waals surface area (Å²) in [5.74, 6) is 5.54. The highest BCUT2D eigenvalue weighted by molar-refractivity contribution is 5.25. The van der Waals surface area contributed by atoms with E-state index in [1.165, 1.54) is 70.6 Å². The molecule has 4 rings (SSSR count). The first-order valence-corrected chi connectivity index (χ1v) is 16.5. The van der Waals surface area contributed by atoms with E-state index in [0.717, 1.165) is 68.0 Å². The first-order chi connectivity index (χ1) is 17.8. The molecule has 4 aliphatic rings. The van der Waals surface area contributed by atoms with Crippen molar-refractivity contribution in [2.45, 2.75) is 131 Å². The van der Waals surface area contributed by atoms with Crippen LogP contribution in [0.1, 0.15) is 125 Å². The Bertz CT molecular complexity index is 769. The number of ether oxygens (including phenoxy) is 1. The van der Waals surface area contributed by atoms with Gasteiger partial charge in [0, 0.05) is 6.54 Å². The molecule has 0 radical (unpaired) electrons. The SMILES string of the molecule is CC/C=C\CCNCCO[C@H]1CC[C@@]2(C)C(=CC[C@@H]3C2CC[C@@]2(C)C3CC[C@@H]2C(C)CCCC(C)C)C1. The molecule has 0 heterocycles. The Hall–Kier alpha value is -0.600. The van der Waals surface area contributed by atoms with E-state index in [1.54, 1.807) is 5.57 Å². The Balaban J connectivity index is 1.30. The summed E-state index contributed by atoms with van der Waals surface area (Å²) in [6, 6.07) is 0. The highest BCUT2D eigenvalue weighted by Gasteiger charge is 2.59. The molecular weight excluding hydrogens is 450 g/mol. The van der Waals surface area contributed by atoms with Crippen molar-refractivity contribution in [3.8, 4) is 0 Å².